The van der Waals surface area contributed by atoms with Crippen LogP contribution >= 0.6 is 18.8 Å². The number of aromatic nitrogens is 1. The van der Waals surface area contributed by atoms with Crippen LogP contribution in [0.15, 0.2) is 42.6 Å². The van der Waals surface area contributed by atoms with E-state index in [0.29, 0.717) is 0 Å². The first-order valence-electron chi connectivity index (χ1n) is 3.50. The van der Waals surface area contributed by atoms with Crippen molar-refractivity contribution in [1.82, 2.24) is 4.98 Å². The topological polar surface area (TPSA) is 46.4 Å². The molecular weight excluding hydrogens is 402 g/mol. The van der Waals surface area contributed by atoms with Crippen LogP contribution in [0.1, 0.15) is 0 Å². The molecule has 2 nitrogen and oxygen atoms in total. The molecule has 0 saturated heterocycles. The maximum atomic E-state index is 4.88. The fourth-order valence-corrected chi connectivity index (χ4v) is 1.02. The molecule has 0 aliphatic heterocycles. The molecule has 0 saturated carbocycles. The van der Waals surface area contributed by atoms with Crippen molar-refractivity contribution in [2.75, 3.05) is 0 Å². The van der Waals surface area contributed by atoms with Gasteiger partial charge in [-0.3, -0.25) is 4.98 Å². The Kier molecular flexibility index (Phi) is 8.11. The van der Waals surface area contributed by atoms with Gasteiger partial charge in [0.15, 0.2) is 0 Å². The van der Waals surface area contributed by atoms with Gasteiger partial charge < -0.3 is 6.15 Å². The molecule has 0 spiro atoms. The minimum Gasteiger partial charge on any atom is -0.693 e. The van der Waals surface area contributed by atoms with E-state index in [1.807, 2.05) is 30.5 Å². The van der Waals surface area contributed by atoms with Crippen LogP contribution < -0.4 is 0 Å². The van der Waals surface area contributed by atoms with Crippen LogP contribution in [-0.4, -0.2) is 4.98 Å². The van der Waals surface area contributed by atoms with Crippen LogP contribution in [0.4, 0.5) is 0 Å². The fraction of sp³-hybridized carbons (Fsp3) is 0. The van der Waals surface area contributed by atoms with Crippen molar-refractivity contribution in [2.24, 2.45) is 0 Å². The summed E-state index contributed by atoms with van der Waals surface area (Å²) in [6.07, 6.45) is 1.81. The summed E-state index contributed by atoms with van der Waals surface area (Å²) in [7, 11) is 9.75. The van der Waals surface area contributed by atoms with Crippen LogP contribution in [0.25, 0.3) is 17.1 Å². The van der Waals surface area contributed by atoms with Crippen molar-refractivity contribution in [3.63, 3.8) is 0 Å². The van der Waals surface area contributed by atoms with Crippen molar-refractivity contribution in [2.45, 2.75) is 0 Å². The second-order valence-electron chi connectivity index (χ2n) is 2.24. The van der Waals surface area contributed by atoms with Crippen molar-refractivity contribution < 1.29 is 16.5 Å². The molecule has 0 atom stereocenters. The average molecular weight is 411 g/mol. The monoisotopic (exact) mass is 410 g/mol. The van der Waals surface area contributed by atoms with Crippen LogP contribution in [0, 0.1) is 0 Å². The maximum absolute atomic E-state index is 4.88. The number of rotatable bonds is 0. The molecule has 1 aromatic heterocycles. The zero-order valence-electron chi connectivity index (χ0n) is 7.14. The van der Waals surface area contributed by atoms with Crippen LogP contribution in [0.2, 0.25) is 0 Å². The third kappa shape index (κ3) is 4.38. The first-order chi connectivity index (χ1) is 6.38. The summed E-state index contributed by atoms with van der Waals surface area (Å²) in [6, 6.07) is 12.1. The van der Waals surface area contributed by atoms with E-state index in [1.165, 1.54) is 5.39 Å². The molecule has 0 fully saturated rings. The molecule has 2 rings (SSSR count). The quantitative estimate of drug-likeness (QED) is 0.637. The van der Waals surface area contributed by atoms with Crippen molar-refractivity contribution in [1.29, 1.82) is 0 Å². The summed E-state index contributed by atoms with van der Waals surface area (Å²) < 4.78 is 0. The molecule has 0 aliphatic rings. The smallest absolute Gasteiger partial charge is 0.0701 e. The summed E-state index contributed by atoms with van der Waals surface area (Å²) in [5.41, 5.74) is 1.06. The van der Waals surface area contributed by atoms with Crippen molar-refractivity contribution in [3.8, 4) is 0 Å². The number of nitrogens with zero attached hydrogens (tertiary/aromatic N) is 1. The summed E-state index contributed by atoms with van der Waals surface area (Å²) >= 11 is -0.472. The number of pyridine rings is 1. The number of fused-ring (bicyclic) bond motifs is 1. The zero-order chi connectivity index (χ0) is 9.52. The second kappa shape index (κ2) is 8.19. The number of hydrogen-bond donors (Lipinski definition) is 0. The van der Waals surface area contributed by atoms with Gasteiger partial charge in [-0.15, -0.1) is 0 Å². The first-order valence-corrected chi connectivity index (χ1v) is 9.13. The number of halogens is 2. The summed E-state index contributed by atoms with van der Waals surface area (Å²) in [6.45, 7) is 0. The summed E-state index contributed by atoms with van der Waals surface area (Å²) in [5, 5.41) is 1.20. The number of hydrogen-bond acceptors (Lipinski definition) is 1. The van der Waals surface area contributed by atoms with E-state index in [2.05, 4.69) is 17.1 Å². The van der Waals surface area contributed by atoms with E-state index < -0.39 is 16.5 Å². The predicted octanol–water partition coefficient (Wildman–Crippen LogP) is 4.33. The largest absolute Gasteiger partial charge is 0.693 e. The van der Waals surface area contributed by atoms with Gasteiger partial charge in [0.1, 0.15) is 0 Å². The molecule has 14 heavy (non-hydrogen) atoms. The van der Waals surface area contributed by atoms with Gasteiger partial charge in [-0.1, -0.05) is 24.3 Å². The Balaban J connectivity index is 0.000000381. The Hall–Kier alpha value is -0.142. The molecule has 2 aromatic rings. The van der Waals surface area contributed by atoms with E-state index in [1.54, 1.807) is 0 Å². The van der Waals surface area contributed by atoms with Crippen molar-refractivity contribution in [3.05, 3.63) is 48.7 Å². The number of para-hydroxylation sites is 1. The summed E-state index contributed by atoms with van der Waals surface area (Å²) in [5.74, 6) is 0. The number of benzene rings is 1. The van der Waals surface area contributed by atoms with Gasteiger partial charge in [0.2, 0.25) is 0 Å². The standard InChI is InChI=1S/C9H7N.2ClH.H2N.Pt/c1-2-6-9-8(4-1)5-3-7-10-9;;;;/h1-7H;2*1H;1H2;/q;;;-1;+2/p-2. The normalized spacial score (nSPS) is 8.71. The van der Waals surface area contributed by atoms with Gasteiger partial charge in [-0.05, 0) is 12.1 Å². The van der Waals surface area contributed by atoms with Gasteiger partial charge in [0.25, 0.3) is 0 Å². The third-order valence-corrected chi connectivity index (χ3v) is 1.51. The van der Waals surface area contributed by atoms with Crippen LogP contribution in [-0.2, 0) is 16.5 Å². The second-order valence-corrected chi connectivity index (χ2v) is 5.52. The van der Waals surface area contributed by atoms with E-state index >= 15 is 0 Å². The predicted molar refractivity (Wildman–Crippen MR) is 58.7 cm³/mol. The Morgan fingerprint density at radius 2 is 1.57 bits per heavy atom. The Bertz CT molecular complexity index is 305. The van der Waals surface area contributed by atoms with E-state index in [9.17, 15) is 0 Å². The van der Waals surface area contributed by atoms with Gasteiger partial charge in [-0.25, -0.2) is 0 Å². The van der Waals surface area contributed by atoms with Crippen LogP contribution in [0.3, 0.4) is 0 Å². The molecule has 80 valence electrons. The Labute approximate surface area is 99.6 Å². The van der Waals surface area contributed by atoms with Crippen LogP contribution in [0.5, 0.6) is 0 Å². The molecule has 5 heteroatoms. The van der Waals surface area contributed by atoms with Gasteiger partial charge in [0, 0.05) is 11.6 Å². The molecule has 0 unspecified atom stereocenters. The Morgan fingerprint density at radius 3 is 2.21 bits per heavy atom. The van der Waals surface area contributed by atoms with E-state index in [-0.39, 0.29) is 6.15 Å². The molecule has 0 bridgehead atoms. The molecule has 0 aliphatic carbocycles. The Morgan fingerprint density at radius 1 is 1.00 bits per heavy atom. The molecule has 1 heterocycles. The summed E-state index contributed by atoms with van der Waals surface area (Å²) in [4.78, 5) is 4.18. The molecule has 1 aromatic carbocycles. The number of nitrogens with two attached hydrogens (primary N) is 1. The van der Waals surface area contributed by atoms with Gasteiger partial charge in [0.05, 0.1) is 5.52 Å². The van der Waals surface area contributed by atoms with E-state index in [0.717, 1.165) is 5.52 Å². The maximum Gasteiger partial charge on any atom is 0.0701 e. The molecule has 2 N–H and O–H groups in total. The minimum atomic E-state index is -0.472. The third-order valence-electron chi connectivity index (χ3n) is 1.51. The minimum absolute atomic E-state index is 0. The molecule has 0 radical (unpaired) electrons. The molecule has 0 amide bonds. The SMILES string of the molecule is [Cl][Pt][Cl].[NH2-].c1ccc2ncccc2c1. The van der Waals surface area contributed by atoms with Gasteiger partial charge >= 0.3 is 35.3 Å². The van der Waals surface area contributed by atoms with Crippen molar-refractivity contribution >= 4 is 29.7 Å². The van der Waals surface area contributed by atoms with Gasteiger partial charge in [-0.2, -0.15) is 0 Å². The molecular formula is C9H9Cl2N2Pt-. The zero-order valence-corrected chi connectivity index (χ0v) is 10.9. The fourth-order valence-electron chi connectivity index (χ4n) is 1.02. The first kappa shape index (κ1) is 13.9. The van der Waals surface area contributed by atoms with E-state index in [4.69, 9.17) is 18.8 Å². The average Bonchev–Trinajstić information content (AvgIpc) is 2.19.